The summed E-state index contributed by atoms with van der Waals surface area (Å²) in [6.07, 6.45) is 3.54. The Bertz CT molecular complexity index is 770. The lowest BCUT2D eigenvalue weighted by Crippen LogP contribution is -2.26. The van der Waals surface area contributed by atoms with E-state index in [0.717, 1.165) is 0 Å². The topological polar surface area (TPSA) is 87.5 Å². The number of esters is 1. The Morgan fingerprint density at radius 3 is 2.57 bits per heavy atom. The number of fused-ring (bicyclic) bond motifs is 1. The molecule has 2 aromatic rings. The molecular formula is C16H18N2O5. The van der Waals surface area contributed by atoms with E-state index in [9.17, 15) is 14.4 Å². The maximum Gasteiger partial charge on any atom is 0.419 e. The fraction of sp³-hybridized carbons (Fsp3) is 0.375. The summed E-state index contributed by atoms with van der Waals surface area (Å²) in [5, 5.41) is 0.386. The van der Waals surface area contributed by atoms with Gasteiger partial charge in [0.1, 0.15) is 5.60 Å². The summed E-state index contributed by atoms with van der Waals surface area (Å²) in [4.78, 5) is 40.1. The number of nitrogens with zero attached hydrogens (tertiary/aromatic N) is 2. The number of ether oxygens (including phenoxy) is 2. The van der Waals surface area contributed by atoms with Gasteiger partial charge >= 0.3 is 12.1 Å². The normalized spacial score (nSPS) is 11.3. The zero-order valence-electron chi connectivity index (χ0n) is 13.5. The van der Waals surface area contributed by atoms with Gasteiger partial charge in [0.05, 0.1) is 17.7 Å². The van der Waals surface area contributed by atoms with Crippen molar-refractivity contribution in [2.75, 3.05) is 6.61 Å². The molecule has 0 aliphatic heterocycles. The number of hydrogen-bond donors (Lipinski definition) is 0. The number of Topliss-reactive ketones (excluding diaryl/α,β-unsaturated/α-hetero) is 1. The molecule has 0 atom stereocenters. The first-order chi connectivity index (χ1) is 10.7. The highest BCUT2D eigenvalue weighted by atomic mass is 16.6. The first-order valence-corrected chi connectivity index (χ1v) is 7.14. The third-order valence-electron chi connectivity index (χ3n) is 2.90. The molecule has 0 amide bonds. The molecule has 122 valence electrons. The summed E-state index contributed by atoms with van der Waals surface area (Å²) in [6, 6.07) is 1.57. The van der Waals surface area contributed by atoms with Crippen molar-refractivity contribution in [1.29, 1.82) is 0 Å². The number of ketones is 1. The maximum atomic E-state index is 12.3. The van der Waals surface area contributed by atoms with Crippen LogP contribution < -0.4 is 0 Å². The number of rotatable bonds is 3. The second-order valence-electron chi connectivity index (χ2n) is 5.84. The number of hydrogen-bond acceptors (Lipinski definition) is 6. The van der Waals surface area contributed by atoms with Crippen molar-refractivity contribution in [1.82, 2.24) is 9.55 Å². The van der Waals surface area contributed by atoms with Gasteiger partial charge in [-0.2, -0.15) is 0 Å². The second-order valence-corrected chi connectivity index (χ2v) is 5.84. The minimum Gasteiger partial charge on any atom is -0.460 e. The van der Waals surface area contributed by atoms with Crippen LogP contribution in [0.15, 0.2) is 24.7 Å². The summed E-state index contributed by atoms with van der Waals surface area (Å²) >= 11 is 0. The summed E-state index contributed by atoms with van der Waals surface area (Å²) in [7, 11) is 0. The van der Waals surface area contributed by atoms with Crippen molar-refractivity contribution in [3.63, 3.8) is 0 Å². The van der Waals surface area contributed by atoms with Gasteiger partial charge in [0.25, 0.3) is 5.78 Å². The molecule has 23 heavy (non-hydrogen) atoms. The standard InChI is InChI=1S/C16H18N2O5/c1-5-22-14(20)13(19)11-9-18(15(21)23-16(2,3)4)12-6-7-17-8-10(11)12/h6-9H,5H2,1-4H3. The average molecular weight is 318 g/mol. The minimum atomic E-state index is -0.973. The third kappa shape index (κ3) is 3.56. The van der Waals surface area contributed by atoms with Crippen LogP contribution in [0.1, 0.15) is 38.1 Å². The van der Waals surface area contributed by atoms with Gasteiger partial charge in [-0.3, -0.25) is 14.3 Å². The second kappa shape index (κ2) is 6.20. The van der Waals surface area contributed by atoms with Gasteiger partial charge in [-0.1, -0.05) is 0 Å². The average Bonchev–Trinajstić information content (AvgIpc) is 2.84. The first-order valence-electron chi connectivity index (χ1n) is 7.14. The van der Waals surface area contributed by atoms with Gasteiger partial charge in [0.15, 0.2) is 0 Å². The maximum absolute atomic E-state index is 12.3. The lowest BCUT2D eigenvalue weighted by atomic mass is 10.1. The van der Waals surface area contributed by atoms with Gasteiger partial charge in [-0.25, -0.2) is 9.59 Å². The first kappa shape index (κ1) is 16.7. The number of aromatic nitrogens is 2. The van der Waals surface area contributed by atoms with Crippen molar-refractivity contribution in [3.05, 3.63) is 30.2 Å². The summed E-state index contributed by atoms with van der Waals surface area (Å²) in [5.74, 6) is -1.80. The zero-order chi connectivity index (χ0) is 17.2. The van der Waals surface area contributed by atoms with E-state index in [4.69, 9.17) is 9.47 Å². The zero-order valence-corrected chi connectivity index (χ0v) is 13.5. The Morgan fingerprint density at radius 1 is 1.26 bits per heavy atom. The van der Waals surface area contributed by atoms with E-state index in [0.29, 0.717) is 10.9 Å². The lowest BCUT2D eigenvalue weighted by molar-refractivity contribution is -0.137. The van der Waals surface area contributed by atoms with Crippen LogP contribution in [-0.4, -0.2) is 39.6 Å². The number of carbonyl (C=O) groups is 3. The molecule has 7 heteroatoms. The molecule has 2 rings (SSSR count). The van der Waals surface area contributed by atoms with E-state index in [2.05, 4.69) is 4.98 Å². The monoisotopic (exact) mass is 318 g/mol. The van der Waals surface area contributed by atoms with Crippen molar-refractivity contribution in [2.45, 2.75) is 33.3 Å². The number of carbonyl (C=O) groups excluding carboxylic acids is 3. The molecule has 0 spiro atoms. The van der Waals surface area contributed by atoms with E-state index in [-0.39, 0.29) is 12.2 Å². The Hall–Kier alpha value is -2.70. The van der Waals surface area contributed by atoms with Crippen LogP contribution in [0.5, 0.6) is 0 Å². The highest BCUT2D eigenvalue weighted by Crippen LogP contribution is 2.22. The van der Waals surface area contributed by atoms with Crippen LogP contribution in [0.3, 0.4) is 0 Å². The van der Waals surface area contributed by atoms with Crippen LogP contribution in [0.4, 0.5) is 4.79 Å². The SMILES string of the molecule is CCOC(=O)C(=O)c1cn(C(=O)OC(C)(C)C)c2ccncc12. The summed E-state index contributed by atoms with van der Waals surface area (Å²) in [6.45, 7) is 6.92. The smallest absolute Gasteiger partial charge is 0.419 e. The predicted molar refractivity (Wildman–Crippen MR) is 82.3 cm³/mol. The quantitative estimate of drug-likeness (QED) is 0.491. The Morgan fingerprint density at radius 2 is 1.96 bits per heavy atom. The fourth-order valence-electron chi connectivity index (χ4n) is 2.02. The van der Waals surface area contributed by atoms with Gasteiger partial charge in [0, 0.05) is 24.0 Å². The van der Waals surface area contributed by atoms with Crippen LogP contribution in [0.25, 0.3) is 10.9 Å². The van der Waals surface area contributed by atoms with Crippen molar-refractivity contribution >= 4 is 28.7 Å². The highest BCUT2D eigenvalue weighted by molar-refractivity contribution is 6.43. The molecule has 0 saturated heterocycles. The van der Waals surface area contributed by atoms with Crippen molar-refractivity contribution < 1.29 is 23.9 Å². The molecule has 0 fully saturated rings. The summed E-state index contributed by atoms with van der Waals surface area (Å²) in [5.41, 5.74) is -0.203. The molecule has 7 nitrogen and oxygen atoms in total. The van der Waals surface area contributed by atoms with Gasteiger partial charge in [-0.05, 0) is 33.8 Å². The van der Waals surface area contributed by atoms with Crippen molar-refractivity contribution in [2.24, 2.45) is 0 Å². The Balaban J connectivity index is 2.50. The molecule has 0 saturated carbocycles. The van der Waals surface area contributed by atoms with Gasteiger partial charge in [-0.15, -0.1) is 0 Å². The Kier molecular flexibility index (Phi) is 4.49. The molecule has 0 unspecified atom stereocenters. The molecule has 2 heterocycles. The molecular weight excluding hydrogens is 300 g/mol. The van der Waals surface area contributed by atoms with E-state index in [1.807, 2.05) is 0 Å². The van der Waals surface area contributed by atoms with Gasteiger partial charge < -0.3 is 9.47 Å². The van der Waals surface area contributed by atoms with Crippen LogP contribution in [0, 0.1) is 0 Å². The fourth-order valence-corrected chi connectivity index (χ4v) is 2.02. The Labute approximate surface area is 133 Å². The van der Waals surface area contributed by atoms with Crippen LogP contribution in [0.2, 0.25) is 0 Å². The molecule has 2 aromatic heterocycles. The van der Waals surface area contributed by atoms with E-state index in [1.165, 1.54) is 23.2 Å². The van der Waals surface area contributed by atoms with Crippen LogP contribution >= 0.6 is 0 Å². The van der Waals surface area contributed by atoms with Crippen LogP contribution in [-0.2, 0) is 14.3 Å². The molecule has 0 bridgehead atoms. The minimum absolute atomic E-state index is 0.0532. The predicted octanol–water partition coefficient (Wildman–Crippen LogP) is 2.57. The molecule has 0 aromatic carbocycles. The molecule has 0 N–H and O–H groups in total. The third-order valence-corrected chi connectivity index (χ3v) is 2.90. The molecule has 0 radical (unpaired) electrons. The van der Waals surface area contributed by atoms with E-state index in [1.54, 1.807) is 33.8 Å². The largest absolute Gasteiger partial charge is 0.460 e. The molecule has 0 aliphatic carbocycles. The summed E-state index contributed by atoms with van der Waals surface area (Å²) < 4.78 is 11.2. The van der Waals surface area contributed by atoms with Crippen molar-refractivity contribution in [3.8, 4) is 0 Å². The van der Waals surface area contributed by atoms with Gasteiger partial charge in [0.2, 0.25) is 0 Å². The van der Waals surface area contributed by atoms with E-state index < -0.39 is 23.4 Å². The molecule has 0 aliphatic rings. The highest BCUT2D eigenvalue weighted by Gasteiger charge is 2.26. The lowest BCUT2D eigenvalue weighted by Gasteiger charge is -2.19. The number of pyridine rings is 1. The van der Waals surface area contributed by atoms with E-state index >= 15 is 0 Å².